The van der Waals surface area contributed by atoms with Crippen molar-refractivity contribution in [1.82, 2.24) is 0 Å². The first kappa shape index (κ1) is 12.0. The highest BCUT2D eigenvalue weighted by Gasteiger charge is 2.26. The van der Waals surface area contributed by atoms with Gasteiger partial charge in [-0.15, -0.1) is 0 Å². The second-order valence-corrected chi connectivity index (χ2v) is 5.00. The topological polar surface area (TPSA) is 29.1 Å². The van der Waals surface area contributed by atoms with Crippen LogP contribution >= 0.6 is 0 Å². The fourth-order valence-corrected chi connectivity index (χ4v) is 2.65. The molecule has 1 N–H and O–H groups in total. The largest absolute Gasteiger partial charge is 0.384 e. The van der Waals surface area contributed by atoms with Gasteiger partial charge in [-0.05, 0) is 30.5 Å². The van der Waals surface area contributed by atoms with Crippen LogP contribution < -0.4 is 5.32 Å². The van der Waals surface area contributed by atoms with Gasteiger partial charge in [-0.2, -0.15) is 0 Å². The standard InChI is InChI=1S/C17H17NO/c19-17-14(12-18-15-7-2-1-3-8-15)11-10-13-6-4-5-9-16(13)17/h1-9,14,18H,10-12H2/t14-/m0/s1. The van der Waals surface area contributed by atoms with Gasteiger partial charge in [0.15, 0.2) is 5.78 Å². The van der Waals surface area contributed by atoms with Crippen LogP contribution in [0.4, 0.5) is 5.69 Å². The van der Waals surface area contributed by atoms with E-state index in [0.29, 0.717) is 0 Å². The zero-order chi connectivity index (χ0) is 13.1. The summed E-state index contributed by atoms with van der Waals surface area (Å²) in [7, 11) is 0. The molecule has 2 nitrogen and oxygen atoms in total. The van der Waals surface area contributed by atoms with Crippen LogP contribution in [0.5, 0.6) is 0 Å². The molecule has 0 aromatic heterocycles. The molecule has 0 saturated carbocycles. The predicted octanol–water partition coefficient (Wildman–Crippen LogP) is 3.54. The third-order valence-corrected chi connectivity index (χ3v) is 3.74. The number of nitrogens with one attached hydrogen (secondary N) is 1. The molecule has 1 atom stereocenters. The predicted molar refractivity (Wildman–Crippen MR) is 77.5 cm³/mol. The summed E-state index contributed by atoms with van der Waals surface area (Å²) in [5.41, 5.74) is 3.19. The zero-order valence-electron chi connectivity index (χ0n) is 10.8. The van der Waals surface area contributed by atoms with Gasteiger partial charge in [-0.25, -0.2) is 0 Å². The number of ketones is 1. The van der Waals surface area contributed by atoms with E-state index in [2.05, 4.69) is 11.4 Å². The lowest BCUT2D eigenvalue weighted by molar-refractivity contribution is 0.0910. The Labute approximate surface area is 113 Å². The Kier molecular flexibility index (Phi) is 3.32. The first-order valence-electron chi connectivity index (χ1n) is 6.75. The van der Waals surface area contributed by atoms with Crippen LogP contribution in [0.2, 0.25) is 0 Å². The maximum atomic E-state index is 12.4. The van der Waals surface area contributed by atoms with Crippen LogP contribution in [-0.2, 0) is 6.42 Å². The molecule has 96 valence electrons. The molecule has 0 bridgehead atoms. The molecule has 0 heterocycles. The molecule has 2 aromatic carbocycles. The molecule has 3 rings (SSSR count). The van der Waals surface area contributed by atoms with Gasteiger partial charge in [-0.1, -0.05) is 42.5 Å². The number of benzene rings is 2. The van der Waals surface area contributed by atoms with Gasteiger partial charge in [-0.3, -0.25) is 4.79 Å². The van der Waals surface area contributed by atoms with Crippen LogP contribution in [0.3, 0.4) is 0 Å². The second-order valence-electron chi connectivity index (χ2n) is 5.00. The highest BCUT2D eigenvalue weighted by Crippen LogP contribution is 2.25. The van der Waals surface area contributed by atoms with Gasteiger partial charge in [0.1, 0.15) is 0 Å². The van der Waals surface area contributed by atoms with Crippen LogP contribution in [0.15, 0.2) is 54.6 Å². The van der Waals surface area contributed by atoms with Crippen molar-refractivity contribution in [2.45, 2.75) is 12.8 Å². The number of fused-ring (bicyclic) bond motifs is 1. The quantitative estimate of drug-likeness (QED) is 0.904. The van der Waals surface area contributed by atoms with Crippen LogP contribution in [0.25, 0.3) is 0 Å². The molecular formula is C17H17NO. The lowest BCUT2D eigenvalue weighted by Gasteiger charge is -2.23. The van der Waals surface area contributed by atoms with E-state index in [-0.39, 0.29) is 11.7 Å². The Morgan fingerprint density at radius 1 is 1.00 bits per heavy atom. The third-order valence-electron chi connectivity index (χ3n) is 3.74. The van der Waals surface area contributed by atoms with Crippen LogP contribution in [0, 0.1) is 5.92 Å². The van der Waals surface area contributed by atoms with Crippen molar-refractivity contribution in [1.29, 1.82) is 0 Å². The average molecular weight is 251 g/mol. The van der Waals surface area contributed by atoms with Crippen molar-refractivity contribution in [3.63, 3.8) is 0 Å². The van der Waals surface area contributed by atoms with Gasteiger partial charge in [0.25, 0.3) is 0 Å². The van der Waals surface area contributed by atoms with E-state index < -0.39 is 0 Å². The SMILES string of the molecule is O=C1c2ccccc2CC[C@H]1CNc1ccccc1. The number of hydrogen-bond acceptors (Lipinski definition) is 2. The summed E-state index contributed by atoms with van der Waals surface area (Å²) >= 11 is 0. The first-order valence-corrected chi connectivity index (χ1v) is 6.75. The van der Waals surface area contributed by atoms with E-state index in [1.807, 2.05) is 48.5 Å². The van der Waals surface area contributed by atoms with Crippen molar-refractivity contribution in [2.24, 2.45) is 5.92 Å². The molecule has 0 aliphatic heterocycles. The lowest BCUT2D eigenvalue weighted by Crippen LogP contribution is -2.28. The third kappa shape index (κ3) is 2.53. The molecule has 1 aliphatic carbocycles. The van der Waals surface area contributed by atoms with E-state index in [9.17, 15) is 4.79 Å². The smallest absolute Gasteiger partial charge is 0.167 e. The van der Waals surface area contributed by atoms with E-state index in [0.717, 1.165) is 30.6 Å². The Balaban J connectivity index is 1.69. The first-order chi connectivity index (χ1) is 9.34. The van der Waals surface area contributed by atoms with Crippen molar-refractivity contribution in [3.8, 4) is 0 Å². The Hall–Kier alpha value is -2.09. The molecule has 0 radical (unpaired) electrons. The van der Waals surface area contributed by atoms with E-state index in [1.54, 1.807) is 0 Å². The number of Topliss-reactive ketones (excluding diaryl/α,β-unsaturated/α-hetero) is 1. The molecule has 0 unspecified atom stereocenters. The molecule has 0 saturated heterocycles. The zero-order valence-corrected chi connectivity index (χ0v) is 10.8. The highest BCUT2D eigenvalue weighted by atomic mass is 16.1. The minimum absolute atomic E-state index is 0.0927. The van der Waals surface area contributed by atoms with E-state index in [1.165, 1.54) is 5.56 Å². The molecule has 0 fully saturated rings. The summed E-state index contributed by atoms with van der Waals surface area (Å²) < 4.78 is 0. The molecule has 0 spiro atoms. The second kappa shape index (κ2) is 5.27. The summed E-state index contributed by atoms with van der Waals surface area (Å²) in [5.74, 6) is 0.375. The fourth-order valence-electron chi connectivity index (χ4n) is 2.65. The summed E-state index contributed by atoms with van der Waals surface area (Å²) in [6.07, 6.45) is 1.94. The number of aryl methyl sites for hydroxylation is 1. The molecule has 19 heavy (non-hydrogen) atoms. The summed E-state index contributed by atoms with van der Waals surface area (Å²) in [4.78, 5) is 12.4. The monoisotopic (exact) mass is 251 g/mol. The normalized spacial score (nSPS) is 17.9. The fraction of sp³-hybridized carbons (Fsp3) is 0.235. The molecule has 0 amide bonds. The summed E-state index contributed by atoms with van der Waals surface area (Å²) in [6, 6.07) is 18.0. The van der Waals surface area contributed by atoms with E-state index >= 15 is 0 Å². The molecular weight excluding hydrogens is 234 g/mol. The average Bonchev–Trinajstić information content (AvgIpc) is 2.48. The van der Waals surface area contributed by atoms with Gasteiger partial charge in [0.2, 0.25) is 0 Å². The van der Waals surface area contributed by atoms with Gasteiger partial charge >= 0.3 is 0 Å². The number of rotatable bonds is 3. The van der Waals surface area contributed by atoms with Crippen molar-refractivity contribution in [2.75, 3.05) is 11.9 Å². The number of carbonyl (C=O) groups is 1. The maximum absolute atomic E-state index is 12.4. The Bertz CT molecular complexity index is 577. The Morgan fingerprint density at radius 2 is 1.74 bits per heavy atom. The molecule has 1 aliphatic rings. The number of para-hydroxylation sites is 1. The Morgan fingerprint density at radius 3 is 2.58 bits per heavy atom. The van der Waals surface area contributed by atoms with Crippen molar-refractivity contribution < 1.29 is 4.79 Å². The van der Waals surface area contributed by atoms with E-state index in [4.69, 9.17) is 0 Å². The minimum atomic E-state index is 0.0927. The van der Waals surface area contributed by atoms with Gasteiger partial charge in [0.05, 0.1) is 0 Å². The summed E-state index contributed by atoms with van der Waals surface area (Å²) in [6.45, 7) is 0.719. The molecule has 2 heteroatoms. The lowest BCUT2D eigenvalue weighted by atomic mass is 9.83. The number of hydrogen-bond donors (Lipinski definition) is 1. The maximum Gasteiger partial charge on any atom is 0.167 e. The number of carbonyl (C=O) groups excluding carboxylic acids is 1. The number of anilines is 1. The van der Waals surface area contributed by atoms with Crippen molar-refractivity contribution in [3.05, 3.63) is 65.7 Å². The minimum Gasteiger partial charge on any atom is -0.384 e. The van der Waals surface area contributed by atoms with Gasteiger partial charge in [0, 0.05) is 23.7 Å². The molecule has 2 aromatic rings. The highest BCUT2D eigenvalue weighted by molar-refractivity contribution is 6.00. The van der Waals surface area contributed by atoms with Crippen molar-refractivity contribution >= 4 is 11.5 Å². The van der Waals surface area contributed by atoms with Crippen LogP contribution in [-0.4, -0.2) is 12.3 Å². The van der Waals surface area contributed by atoms with Gasteiger partial charge < -0.3 is 5.32 Å². The summed E-state index contributed by atoms with van der Waals surface area (Å²) in [5, 5.41) is 3.35. The van der Waals surface area contributed by atoms with Crippen LogP contribution in [0.1, 0.15) is 22.3 Å².